The Balaban J connectivity index is 2.20. The van der Waals surface area contributed by atoms with Crippen LogP contribution in [0.2, 0.25) is 0 Å². The first kappa shape index (κ1) is 14.7. The Bertz CT molecular complexity index is 674. The molecule has 2 rings (SSSR count). The number of hydrogen-bond acceptors (Lipinski definition) is 4. The summed E-state index contributed by atoms with van der Waals surface area (Å²) in [7, 11) is -3.62. The van der Waals surface area contributed by atoms with Crippen LogP contribution in [0.1, 0.15) is 17.5 Å². The number of hydrogen-bond donors (Lipinski definition) is 2. The van der Waals surface area contributed by atoms with Crippen LogP contribution in [-0.4, -0.2) is 26.2 Å². The van der Waals surface area contributed by atoms with Gasteiger partial charge in [0.15, 0.2) is 0 Å². The van der Waals surface area contributed by atoms with Crippen molar-refractivity contribution in [3.8, 4) is 6.07 Å². The average molecular weight is 292 g/mol. The number of aryl methyl sites for hydroxylation is 1. The maximum atomic E-state index is 12.3. The van der Waals surface area contributed by atoms with Crippen LogP contribution in [0.15, 0.2) is 35.2 Å². The number of sulfonamides is 1. The zero-order valence-corrected chi connectivity index (χ0v) is 11.9. The summed E-state index contributed by atoms with van der Waals surface area (Å²) in [4.78, 5) is 0.178. The highest BCUT2D eigenvalue weighted by molar-refractivity contribution is 7.89. The Hall–Kier alpha value is -1.68. The Morgan fingerprint density at radius 3 is 2.75 bits per heavy atom. The van der Waals surface area contributed by atoms with Gasteiger partial charge in [-0.3, -0.25) is 0 Å². The van der Waals surface area contributed by atoms with E-state index in [0.717, 1.165) is 0 Å². The van der Waals surface area contributed by atoms with Gasteiger partial charge in [0.25, 0.3) is 0 Å². The molecule has 20 heavy (non-hydrogen) atoms. The lowest BCUT2D eigenvalue weighted by Crippen LogP contribution is -2.33. The van der Waals surface area contributed by atoms with Crippen molar-refractivity contribution in [1.82, 2.24) is 4.72 Å². The lowest BCUT2D eigenvalue weighted by molar-refractivity contribution is 0.248. The van der Waals surface area contributed by atoms with Crippen molar-refractivity contribution in [3.63, 3.8) is 0 Å². The van der Waals surface area contributed by atoms with Gasteiger partial charge in [0, 0.05) is 18.6 Å². The van der Waals surface area contributed by atoms with Crippen molar-refractivity contribution in [1.29, 1.82) is 5.26 Å². The van der Waals surface area contributed by atoms with Gasteiger partial charge in [-0.1, -0.05) is 12.2 Å². The highest BCUT2D eigenvalue weighted by Crippen LogP contribution is 2.21. The predicted molar refractivity (Wildman–Crippen MR) is 74.3 cm³/mol. The SMILES string of the molecule is Cc1cc(C#N)ccc1S(=O)(=O)N[C@@H]1C=C[C@H](CO)C1. The second kappa shape index (κ2) is 5.75. The van der Waals surface area contributed by atoms with E-state index in [1.165, 1.54) is 12.1 Å². The van der Waals surface area contributed by atoms with Gasteiger partial charge < -0.3 is 5.11 Å². The maximum absolute atomic E-state index is 12.3. The van der Waals surface area contributed by atoms with Gasteiger partial charge in [-0.15, -0.1) is 0 Å². The minimum absolute atomic E-state index is 0.00441. The maximum Gasteiger partial charge on any atom is 0.241 e. The molecular weight excluding hydrogens is 276 g/mol. The van der Waals surface area contributed by atoms with Crippen molar-refractivity contribution in [3.05, 3.63) is 41.5 Å². The first-order valence-electron chi connectivity index (χ1n) is 6.28. The summed E-state index contributed by atoms with van der Waals surface area (Å²) in [5.74, 6) is 0.00441. The highest BCUT2D eigenvalue weighted by atomic mass is 32.2. The van der Waals surface area contributed by atoms with Gasteiger partial charge in [0.2, 0.25) is 10.0 Å². The Morgan fingerprint density at radius 2 is 2.20 bits per heavy atom. The normalized spacial score (nSPS) is 21.9. The third kappa shape index (κ3) is 3.07. The van der Waals surface area contributed by atoms with Crippen LogP contribution < -0.4 is 4.72 Å². The molecule has 1 aliphatic rings. The monoisotopic (exact) mass is 292 g/mol. The summed E-state index contributed by atoms with van der Waals surface area (Å²) in [6.07, 6.45) is 4.14. The minimum atomic E-state index is -3.62. The molecule has 1 aromatic rings. The molecule has 0 fully saturated rings. The minimum Gasteiger partial charge on any atom is -0.396 e. The zero-order chi connectivity index (χ0) is 14.8. The largest absolute Gasteiger partial charge is 0.396 e. The second-order valence-corrected chi connectivity index (χ2v) is 6.57. The van der Waals surface area contributed by atoms with E-state index in [2.05, 4.69) is 4.72 Å². The lowest BCUT2D eigenvalue weighted by atomic mass is 10.1. The fourth-order valence-electron chi connectivity index (χ4n) is 2.28. The topological polar surface area (TPSA) is 90.2 Å². The number of nitriles is 1. The number of nitrogens with zero attached hydrogens (tertiary/aromatic N) is 1. The number of aliphatic hydroxyl groups excluding tert-OH is 1. The quantitative estimate of drug-likeness (QED) is 0.813. The molecule has 0 saturated heterocycles. The predicted octanol–water partition coefficient (Wildman–Crippen LogP) is 1.08. The number of benzene rings is 1. The average Bonchev–Trinajstić information content (AvgIpc) is 2.85. The van der Waals surface area contributed by atoms with E-state index in [1.54, 1.807) is 19.1 Å². The van der Waals surface area contributed by atoms with Gasteiger partial charge in [-0.25, -0.2) is 13.1 Å². The fourth-order valence-corrected chi connectivity index (χ4v) is 3.71. The number of nitrogens with one attached hydrogen (secondary N) is 1. The molecule has 2 atom stereocenters. The number of aliphatic hydroxyl groups is 1. The molecule has 1 aromatic carbocycles. The van der Waals surface area contributed by atoms with Gasteiger partial charge in [0.05, 0.1) is 16.5 Å². The van der Waals surface area contributed by atoms with E-state index in [0.29, 0.717) is 17.5 Å². The third-order valence-electron chi connectivity index (χ3n) is 3.31. The second-order valence-electron chi connectivity index (χ2n) is 4.88. The lowest BCUT2D eigenvalue weighted by Gasteiger charge is -2.14. The first-order valence-corrected chi connectivity index (χ1v) is 7.77. The summed E-state index contributed by atoms with van der Waals surface area (Å²) >= 11 is 0. The molecule has 0 radical (unpaired) electrons. The summed E-state index contributed by atoms with van der Waals surface area (Å²) in [5, 5.41) is 17.8. The Labute approximate surface area is 118 Å². The van der Waals surface area contributed by atoms with Crippen LogP contribution in [0.3, 0.4) is 0 Å². The van der Waals surface area contributed by atoms with Gasteiger partial charge in [0.1, 0.15) is 0 Å². The van der Waals surface area contributed by atoms with E-state index < -0.39 is 10.0 Å². The first-order chi connectivity index (χ1) is 9.46. The molecule has 0 aromatic heterocycles. The van der Waals surface area contributed by atoms with E-state index >= 15 is 0 Å². The van der Waals surface area contributed by atoms with Gasteiger partial charge >= 0.3 is 0 Å². The highest BCUT2D eigenvalue weighted by Gasteiger charge is 2.25. The van der Waals surface area contributed by atoms with Crippen LogP contribution in [0.5, 0.6) is 0 Å². The summed E-state index contributed by atoms with van der Waals surface area (Å²) < 4.78 is 27.2. The molecule has 0 bridgehead atoms. The zero-order valence-electron chi connectivity index (χ0n) is 11.1. The van der Waals surface area contributed by atoms with E-state index in [9.17, 15) is 8.42 Å². The summed E-state index contributed by atoms with van der Waals surface area (Å²) in [6.45, 7) is 1.68. The van der Waals surface area contributed by atoms with Crippen molar-refractivity contribution in [2.45, 2.75) is 24.3 Å². The van der Waals surface area contributed by atoms with Crippen molar-refractivity contribution in [2.75, 3.05) is 6.61 Å². The molecule has 6 heteroatoms. The summed E-state index contributed by atoms with van der Waals surface area (Å²) in [6, 6.07) is 6.16. The standard InChI is InChI=1S/C14H16N2O3S/c1-10-6-11(8-15)3-5-14(10)20(18,19)16-13-4-2-12(7-13)9-17/h2-6,12-13,16-17H,7,9H2,1H3/t12-,13+/m0/s1. The van der Waals surface area contributed by atoms with Crippen LogP contribution in [0, 0.1) is 24.2 Å². The Morgan fingerprint density at radius 1 is 1.45 bits per heavy atom. The molecule has 106 valence electrons. The van der Waals surface area contributed by atoms with Crippen LogP contribution >= 0.6 is 0 Å². The molecular formula is C14H16N2O3S. The molecule has 0 heterocycles. The molecule has 0 unspecified atom stereocenters. The van der Waals surface area contributed by atoms with E-state index in [4.69, 9.17) is 10.4 Å². The fraction of sp³-hybridized carbons (Fsp3) is 0.357. The smallest absolute Gasteiger partial charge is 0.241 e. The van der Waals surface area contributed by atoms with Crippen molar-refractivity contribution >= 4 is 10.0 Å². The summed E-state index contributed by atoms with van der Waals surface area (Å²) in [5.41, 5.74) is 0.972. The van der Waals surface area contributed by atoms with Crippen LogP contribution in [0.25, 0.3) is 0 Å². The third-order valence-corrected chi connectivity index (χ3v) is 4.96. The molecule has 0 aliphatic heterocycles. The number of rotatable bonds is 4. The molecule has 0 amide bonds. The van der Waals surface area contributed by atoms with Crippen molar-refractivity contribution in [2.24, 2.45) is 5.92 Å². The molecule has 5 nitrogen and oxygen atoms in total. The van der Waals surface area contributed by atoms with Gasteiger partial charge in [-0.2, -0.15) is 5.26 Å². The molecule has 0 saturated carbocycles. The van der Waals surface area contributed by atoms with Crippen LogP contribution in [-0.2, 0) is 10.0 Å². The molecule has 1 aliphatic carbocycles. The van der Waals surface area contributed by atoms with Gasteiger partial charge in [-0.05, 0) is 37.1 Å². The molecule has 0 spiro atoms. The van der Waals surface area contributed by atoms with E-state index in [1.807, 2.05) is 12.1 Å². The Kier molecular flexibility index (Phi) is 4.23. The van der Waals surface area contributed by atoms with E-state index in [-0.39, 0.29) is 23.5 Å². The molecule has 2 N–H and O–H groups in total. The van der Waals surface area contributed by atoms with Crippen LogP contribution in [0.4, 0.5) is 0 Å². The van der Waals surface area contributed by atoms with Crippen molar-refractivity contribution < 1.29 is 13.5 Å².